The lowest BCUT2D eigenvalue weighted by molar-refractivity contribution is 0.399. The fraction of sp³-hybridized carbons (Fsp3) is 0.692. The first-order chi connectivity index (χ1) is 8.33. The molecule has 0 saturated carbocycles. The minimum atomic E-state index is 0.770. The molecule has 1 atom stereocenters. The summed E-state index contributed by atoms with van der Waals surface area (Å²) in [6.45, 7) is 3.49. The highest BCUT2D eigenvalue weighted by Gasteiger charge is 2.21. The van der Waals surface area contributed by atoms with Gasteiger partial charge in [0.15, 0.2) is 0 Å². The summed E-state index contributed by atoms with van der Waals surface area (Å²) < 4.78 is 0. The summed E-state index contributed by atoms with van der Waals surface area (Å²) in [6, 6.07) is 0. The SMILES string of the molecule is CN1CCC(CNc2ncnc3c2CCC3)C1. The number of fused-ring (bicyclic) bond motifs is 1. The van der Waals surface area contributed by atoms with Crippen molar-refractivity contribution in [3.05, 3.63) is 17.6 Å². The Morgan fingerprint density at radius 1 is 1.41 bits per heavy atom. The molecule has 0 amide bonds. The number of nitrogens with zero attached hydrogens (tertiary/aromatic N) is 3. The lowest BCUT2D eigenvalue weighted by Crippen LogP contribution is -2.20. The Balaban J connectivity index is 1.64. The van der Waals surface area contributed by atoms with Gasteiger partial charge in [-0.1, -0.05) is 0 Å². The lowest BCUT2D eigenvalue weighted by atomic mass is 10.1. The first kappa shape index (κ1) is 11.0. The van der Waals surface area contributed by atoms with Crippen molar-refractivity contribution in [1.82, 2.24) is 14.9 Å². The molecule has 0 radical (unpaired) electrons. The molecule has 3 rings (SSSR count). The number of hydrogen-bond donors (Lipinski definition) is 1. The third-order valence-corrected chi connectivity index (χ3v) is 3.92. The van der Waals surface area contributed by atoms with E-state index in [1.807, 2.05) is 0 Å². The normalized spacial score (nSPS) is 23.9. The number of likely N-dealkylation sites (tertiary alicyclic amines) is 1. The molecule has 4 nitrogen and oxygen atoms in total. The summed E-state index contributed by atoms with van der Waals surface area (Å²) in [5.41, 5.74) is 2.62. The Bertz CT molecular complexity index is 404. The zero-order valence-electron chi connectivity index (χ0n) is 10.4. The van der Waals surface area contributed by atoms with Crippen LogP contribution in [0.1, 0.15) is 24.1 Å². The number of nitrogens with one attached hydrogen (secondary N) is 1. The minimum absolute atomic E-state index is 0.770. The van der Waals surface area contributed by atoms with Gasteiger partial charge in [0.25, 0.3) is 0 Å². The van der Waals surface area contributed by atoms with E-state index in [9.17, 15) is 0 Å². The molecule has 1 aromatic rings. The Hall–Kier alpha value is -1.16. The molecule has 1 N–H and O–H groups in total. The van der Waals surface area contributed by atoms with Crippen LogP contribution in [0.4, 0.5) is 5.82 Å². The van der Waals surface area contributed by atoms with Crippen molar-refractivity contribution in [2.75, 3.05) is 32.0 Å². The summed E-state index contributed by atoms with van der Waals surface area (Å²) in [4.78, 5) is 11.1. The van der Waals surface area contributed by atoms with Crippen molar-refractivity contribution in [2.24, 2.45) is 5.92 Å². The number of anilines is 1. The molecule has 1 fully saturated rings. The van der Waals surface area contributed by atoms with Gasteiger partial charge < -0.3 is 10.2 Å². The first-order valence-electron chi connectivity index (χ1n) is 6.58. The minimum Gasteiger partial charge on any atom is -0.369 e. The summed E-state index contributed by atoms with van der Waals surface area (Å²) in [5, 5.41) is 3.53. The van der Waals surface area contributed by atoms with Gasteiger partial charge in [0.2, 0.25) is 0 Å². The van der Waals surface area contributed by atoms with Crippen LogP contribution in [0.15, 0.2) is 6.33 Å². The molecule has 2 aliphatic rings. The number of aryl methyl sites for hydroxylation is 1. The summed E-state index contributed by atoms with van der Waals surface area (Å²) >= 11 is 0. The predicted molar refractivity (Wildman–Crippen MR) is 68.2 cm³/mol. The summed E-state index contributed by atoms with van der Waals surface area (Å²) in [7, 11) is 2.20. The monoisotopic (exact) mass is 232 g/mol. The van der Waals surface area contributed by atoms with Gasteiger partial charge in [0.1, 0.15) is 12.1 Å². The lowest BCUT2D eigenvalue weighted by Gasteiger charge is -2.14. The molecule has 1 saturated heterocycles. The van der Waals surface area contributed by atoms with E-state index in [4.69, 9.17) is 0 Å². The Morgan fingerprint density at radius 2 is 2.35 bits per heavy atom. The maximum absolute atomic E-state index is 4.39. The van der Waals surface area contributed by atoms with E-state index >= 15 is 0 Å². The van der Waals surface area contributed by atoms with Gasteiger partial charge in [-0.15, -0.1) is 0 Å². The second-order valence-electron chi connectivity index (χ2n) is 5.30. The molecule has 1 unspecified atom stereocenters. The van der Waals surface area contributed by atoms with Crippen LogP contribution >= 0.6 is 0 Å². The fourth-order valence-corrected chi connectivity index (χ4v) is 2.95. The van der Waals surface area contributed by atoms with Crippen molar-refractivity contribution in [2.45, 2.75) is 25.7 Å². The summed E-state index contributed by atoms with van der Waals surface area (Å²) in [5.74, 6) is 1.86. The average molecular weight is 232 g/mol. The van der Waals surface area contributed by atoms with Gasteiger partial charge in [-0.25, -0.2) is 9.97 Å². The molecule has 92 valence electrons. The van der Waals surface area contributed by atoms with Gasteiger partial charge in [0, 0.05) is 24.3 Å². The molecule has 17 heavy (non-hydrogen) atoms. The maximum atomic E-state index is 4.39. The highest BCUT2D eigenvalue weighted by atomic mass is 15.1. The molecule has 1 aliphatic carbocycles. The second-order valence-corrected chi connectivity index (χ2v) is 5.30. The van der Waals surface area contributed by atoms with Gasteiger partial charge in [-0.3, -0.25) is 0 Å². The van der Waals surface area contributed by atoms with Crippen molar-refractivity contribution in [1.29, 1.82) is 0 Å². The van der Waals surface area contributed by atoms with E-state index in [0.717, 1.165) is 31.1 Å². The Labute approximate surface area is 102 Å². The zero-order valence-corrected chi connectivity index (χ0v) is 10.4. The third-order valence-electron chi connectivity index (χ3n) is 3.92. The second kappa shape index (κ2) is 4.61. The molecule has 0 bridgehead atoms. The molecule has 0 aromatic carbocycles. The molecular weight excluding hydrogens is 212 g/mol. The zero-order chi connectivity index (χ0) is 11.7. The van der Waals surface area contributed by atoms with Crippen LogP contribution < -0.4 is 5.32 Å². The standard InChI is InChI=1S/C13H20N4/c1-17-6-5-10(8-17)7-14-13-11-3-2-4-12(11)15-9-16-13/h9-10H,2-8H2,1H3,(H,14,15,16). The number of hydrogen-bond acceptors (Lipinski definition) is 4. The van der Waals surface area contributed by atoms with Crippen LogP contribution in [0.3, 0.4) is 0 Å². The molecule has 0 spiro atoms. The van der Waals surface area contributed by atoms with Crippen molar-refractivity contribution < 1.29 is 0 Å². The van der Waals surface area contributed by atoms with E-state index in [0.29, 0.717) is 0 Å². The van der Waals surface area contributed by atoms with E-state index in [1.54, 1.807) is 6.33 Å². The smallest absolute Gasteiger partial charge is 0.132 e. The van der Waals surface area contributed by atoms with Crippen LogP contribution in [-0.4, -0.2) is 41.5 Å². The molecule has 4 heteroatoms. The predicted octanol–water partition coefficient (Wildman–Crippen LogP) is 1.33. The molecular formula is C13H20N4. The largest absolute Gasteiger partial charge is 0.369 e. The van der Waals surface area contributed by atoms with E-state index < -0.39 is 0 Å². The number of aromatic nitrogens is 2. The number of rotatable bonds is 3. The molecule has 1 aliphatic heterocycles. The van der Waals surface area contributed by atoms with Gasteiger partial charge in [0.05, 0.1) is 0 Å². The van der Waals surface area contributed by atoms with Crippen LogP contribution in [0.5, 0.6) is 0 Å². The highest BCUT2D eigenvalue weighted by Crippen LogP contribution is 2.25. The van der Waals surface area contributed by atoms with E-state index in [1.165, 1.54) is 37.2 Å². The van der Waals surface area contributed by atoms with Crippen LogP contribution in [0.2, 0.25) is 0 Å². The maximum Gasteiger partial charge on any atom is 0.132 e. The fourth-order valence-electron chi connectivity index (χ4n) is 2.95. The van der Waals surface area contributed by atoms with E-state index in [-0.39, 0.29) is 0 Å². The van der Waals surface area contributed by atoms with Gasteiger partial charge in [-0.2, -0.15) is 0 Å². The van der Waals surface area contributed by atoms with Crippen LogP contribution in [0, 0.1) is 5.92 Å². The summed E-state index contributed by atoms with van der Waals surface area (Å²) in [6.07, 6.45) is 6.50. The molecule has 1 aromatic heterocycles. The Kier molecular flexibility index (Phi) is 2.97. The van der Waals surface area contributed by atoms with Gasteiger partial charge in [-0.05, 0) is 45.2 Å². The topological polar surface area (TPSA) is 41.0 Å². The first-order valence-corrected chi connectivity index (χ1v) is 6.58. The quantitative estimate of drug-likeness (QED) is 0.853. The van der Waals surface area contributed by atoms with Crippen LogP contribution in [0.25, 0.3) is 0 Å². The molecule has 2 heterocycles. The van der Waals surface area contributed by atoms with Crippen molar-refractivity contribution in [3.8, 4) is 0 Å². The van der Waals surface area contributed by atoms with E-state index in [2.05, 4.69) is 27.2 Å². The highest BCUT2D eigenvalue weighted by molar-refractivity contribution is 5.47. The van der Waals surface area contributed by atoms with Crippen molar-refractivity contribution >= 4 is 5.82 Å². The third kappa shape index (κ3) is 2.27. The average Bonchev–Trinajstić information content (AvgIpc) is 2.94. The Morgan fingerprint density at radius 3 is 3.18 bits per heavy atom. The van der Waals surface area contributed by atoms with Crippen molar-refractivity contribution in [3.63, 3.8) is 0 Å². The van der Waals surface area contributed by atoms with Crippen LogP contribution in [-0.2, 0) is 12.8 Å². The van der Waals surface area contributed by atoms with Gasteiger partial charge >= 0.3 is 0 Å².